The predicted octanol–water partition coefficient (Wildman–Crippen LogP) is 0.674. The SMILES string of the molecule is CS(=O)(=O)c1c(C=O)ccc2c1OCCO2. The maximum absolute atomic E-state index is 11.6. The van der Waals surface area contributed by atoms with Gasteiger partial charge in [-0.25, -0.2) is 8.42 Å². The van der Waals surface area contributed by atoms with Crippen molar-refractivity contribution in [2.45, 2.75) is 4.90 Å². The zero-order chi connectivity index (χ0) is 11.8. The Morgan fingerprint density at radius 1 is 1.25 bits per heavy atom. The molecule has 2 rings (SSSR count). The van der Waals surface area contributed by atoms with Gasteiger partial charge in [-0.15, -0.1) is 0 Å². The molecule has 0 aromatic heterocycles. The zero-order valence-electron chi connectivity index (χ0n) is 8.60. The van der Waals surface area contributed by atoms with Gasteiger partial charge in [0.1, 0.15) is 18.1 Å². The lowest BCUT2D eigenvalue weighted by atomic mass is 10.2. The summed E-state index contributed by atoms with van der Waals surface area (Å²) in [6.07, 6.45) is 1.53. The van der Waals surface area contributed by atoms with Crippen molar-refractivity contribution in [1.82, 2.24) is 0 Å². The molecule has 1 aliphatic rings. The Kier molecular flexibility index (Phi) is 2.59. The van der Waals surface area contributed by atoms with Crippen molar-refractivity contribution in [3.63, 3.8) is 0 Å². The van der Waals surface area contributed by atoms with Crippen LogP contribution in [0.4, 0.5) is 0 Å². The van der Waals surface area contributed by atoms with Gasteiger partial charge in [-0.3, -0.25) is 4.79 Å². The number of ether oxygens (including phenoxy) is 2. The van der Waals surface area contributed by atoms with E-state index in [-0.39, 0.29) is 22.8 Å². The largest absolute Gasteiger partial charge is 0.486 e. The molecule has 86 valence electrons. The van der Waals surface area contributed by atoms with Crippen molar-refractivity contribution in [1.29, 1.82) is 0 Å². The normalized spacial score (nSPS) is 14.6. The van der Waals surface area contributed by atoms with Crippen LogP contribution in [0.25, 0.3) is 0 Å². The fourth-order valence-electron chi connectivity index (χ4n) is 1.58. The molecule has 1 aliphatic heterocycles. The van der Waals surface area contributed by atoms with Crippen LogP contribution in [0.1, 0.15) is 10.4 Å². The number of carbonyl (C=O) groups excluding carboxylic acids is 1. The second kappa shape index (κ2) is 3.79. The summed E-state index contributed by atoms with van der Waals surface area (Å²) in [6.45, 7) is 0.647. The number of fused-ring (bicyclic) bond motifs is 1. The highest BCUT2D eigenvalue weighted by Crippen LogP contribution is 2.38. The van der Waals surface area contributed by atoms with Crippen LogP contribution < -0.4 is 9.47 Å². The molecule has 0 N–H and O–H groups in total. The van der Waals surface area contributed by atoms with E-state index in [1.165, 1.54) is 12.1 Å². The number of rotatable bonds is 2. The third kappa shape index (κ3) is 1.76. The van der Waals surface area contributed by atoms with E-state index in [0.717, 1.165) is 6.26 Å². The van der Waals surface area contributed by atoms with Crippen LogP contribution in [0.15, 0.2) is 17.0 Å². The first-order chi connectivity index (χ1) is 7.54. The molecule has 0 fully saturated rings. The quantitative estimate of drug-likeness (QED) is 0.713. The molecule has 6 heteroatoms. The van der Waals surface area contributed by atoms with Crippen LogP contribution in [0.3, 0.4) is 0 Å². The third-order valence-electron chi connectivity index (χ3n) is 2.19. The minimum Gasteiger partial charge on any atom is -0.486 e. The molecule has 0 unspecified atom stereocenters. The van der Waals surface area contributed by atoms with Crippen molar-refractivity contribution in [3.8, 4) is 11.5 Å². The first kappa shape index (κ1) is 10.9. The molecule has 1 aromatic carbocycles. The minimum absolute atomic E-state index is 0.0896. The molecule has 1 heterocycles. The Morgan fingerprint density at radius 2 is 1.94 bits per heavy atom. The van der Waals surface area contributed by atoms with Crippen molar-refractivity contribution < 1.29 is 22.7 Å². The van der Waals surface area contributed by atoms with Crippen molar-refractivity contribution in [3.05, 3.63) is 17.7 Å². The lowest BCUT2D eigenvalue weighted by Gasteiger charge is -2.21. The first-order valence-corrected chi connectivity index (χ1v) is 6.51. The maximum atomic E-state index is 11.6. The molecule has 0 amide bonds. The van der Waals surface area contributed by atoms with Gasteiger partial charge < -0.3 is 9.47 Å². The van der Waals surface area contributed by atoms with Gasteiger partial charge in [0.2, 0.25) is 0 Å². The van der Waals surface area contributed by atoms with Gasteiger partial charge in [0.15, 0.2) is 27.6 Å². The van der Waals surface area contributed by atoms with E-state index in [9.17, 15) is 13.2 Å². The summed E-state index contributed by atoms with van der Waals surface area (Å²) in [6, 6.07) is 2.95. The molecular weight excluding hydrogens is 232 g/mol. The summed E-state index contributed by atoms with van der Waals surface area (Å²) in [4.78, 5) is 10.7. The fourth-order valence-corrected chi connectivity index (χ4v) is 2.62. The van der Waals surface area contributed by atoms with E-state index >= 15 is 0 Å². The highest BCUT2D eigenvalue weighted by molar-refractivity contribution is 7.90. The third-order valence-corrected chi connectivity index (χ3v) is 3.35. The zero-order valence-corrected chi connectivity index (χ0v) is 9.41. The topological polar surface area (TPSA) is 69.7 Å². The van der Waals surface area contributed by atoms with Gasteiger partial charge in [0, 0.05) is 11.8 Å². The van der Waals surface area contributed by atoms with Gasteiger partial charge in [0.25, 0.3) is 0 Å². The van der Waals surface area contributed by atoms with E-state index in [1.54, 1.807) is 0 Å². The molecule has 0 bridgehead atoms. The molecule has 16 heavy (non-hydrogen) atoms. The first-order valence-electron chi connectivity index (χ1n) is 4.62. The van der Waals surface area contributed by atoms with Gasteiger partial charge in [-0.05, 0) is 12.1 Å². The minimum atomic E-state index is -3.52. The van der Waals surface area contributed by atoms with Crippen molar-refractivity contribution in [2.24, 2.45) is 0 Å². The van der Waals surface area contributed by atoms with Gasteiger partial charge in [-0.1, -0.05) is 0 Å². The second-order valence-electron chi connectivity index (χ2n) is 3.40. The Labute approximate surface area is 92.9 Å². The smallest absolute Gasteiger partial charge is 0.180 e. The number of carbonyl (C=O) groups is 1. The summed E-state index contributed by atoms with van der Waals surface area (Å²) in [5.74, 6) is 0.496. The molecule has 0 saturated carbocycles. The summed E-state index contributed by atoms with van der Waals surface area (Å²) in [7, 11) is -3.52. The molecular formula is C10H10O5S. The average molecular weight is 242 g/mol. The van der Waals surface area contributed by atoms with E-state index < -0.39 is 9.84 Å². The van der Waals surface area contributed by atoms with E-state index in [1.807, 2.05) is 0 Å². The fraction of sp³-hybridized carbons (Fsp3) is 0.300. The van der Waals surface area contributed by atoms with Crippen LogP contribution in [-0.4, -0.2) is 34.2 Å². The number of sulfone groups is 1. The van der Waals surface area contributed by atoms with E-state index in [2.05, 4.69) is 0 Å². The lowest BCUT2D eigenvalue weighted by molar-refractivity contribution is 0.111. The Bertz CT molecular complexity index is 532. The van der Waals surface area contributed by atoms with Crippen LogP contribution in [-0.2, 0) is 9.84 Å². The molecule has 5 nitrogen and oxygen atoms in total. The van der Waals surface area contributed by atoms with Crippen molar-refractivity contribution in [2.75, 3.05) is 19.5 Å². The molecule has 1 aromatic rings. The Hall–Kier alpha value is -1.56. The molecule has 0 radical (unpaired) electrons. The van der Waals surface area contributed by atoms with Crippen molar-refractivity contribution >= 4 is 16.1 Å². The summed E-state index contributed by atoms with van der Waals surface area (Å²) >= 11 is 0. The van der Waals surface area contributed by atoms with E-state index in [0.29, 0.717) is 18.6 Å². The molecule has 0 atom stereocenters. The molecule has 0 aliphatic carbocycles. The Balaban J connectivity index is 2.75. The monoisotopic (exact) mass is 242 g/mol. The number of hydrogen-bond acceptors (Lipinski definition) is 5. The lowest BCUT2D eigenvalue weighted by Crippen LogP contribution is -2.18. The molecule has 0 saturated heterocycles. The summed E-state index contributed by atoms with van der Waals surface area (Å²) < 4.78 is 33.7. The van der Waals surface area contributed by atoms with E-state index in [4.69, 9.17) is 9.47 Å². The van der Waals surface area contributed by atoms with Crippen LogP contribution in [0.5, 0.6) is 11.5 Å². The highest BCUT2D eigenvalue weighted by atomic mass is 32.2. The number of benzene rings is 1. The van der Waals surface area contributed by atoms with Crippen LogP contribution in [0, 0.1) is 0 Å². The second-order valence-corrected chi connectivity index (χ2v) is 5.35. The highest BCUT2D eigenvalue weighted by Gasteiger charge is 2.25. The van der Waals surface area contributed by atoms with Gasteiger partial charge in [-0.2, -0.15) is 0 Å². The summed E-state index contributed by atoms with van der Waals surface area (Å²) in [5, 5.41) is 0. The Morgan fingerprint density at radius 3 is 2.56 bits per heavy atom. The van der Waals surface area contributed by atoms with Gasteiger partial charge >= 0.3 is 0 Å². The number of hydrogen-bond donors (Lipinski definition) is 0. The maximum Gasteiger partial charge on any atom is 0.180 e. The summed E-state index contributed by atoms with van der Waals surface area (Å²) in [5.41, 5.74) is 0.0896. The van der Waals surface area contributed by atoms with Gasteiger partial charge in [0.05, 0.1) is 0 Å². The predicted molar refractivity (Wildman–Crippen MR) is 55.9 cm³/mol. The molecule has 0 spiro atoms. The van der Waals surface area contributed by atoms with Crippen LogP contribution >= 0.6 is 0 Å². The van der Waals surface area contributed by atoms with Crippen LogP contribution in [0.2, 0.25) is 0 Å². The average Bonchev–Trinajstić information content (AvgIpc) is 2.26. The number of aldehydes is 1. The standard InChI is InChI=1S/C10H10O5S/c1-16(12,13)10-7(6-11)2-3-8-9(10)15-5-4-14-8/h2-3,6H,4-5H2,1H3.